The molecule has 0 spiro atoms. The quantitative estimate of drug-likeness (QED) is 0.0789. The van der Waals surface area contributed by atoms with E-state index in [2.05, 4.69) is 125 Å². The number of allylic oxidation sites excluding steroid dienone is 7. The zero-order valence-electron chi connectivity index (χ0n) is 33.4. The Balaban J connectivity index is 1.22. The summed E-state index contributed by atoms with van der Waals surface area (Å²) in [5.74, 6) is -0.257. The lowest BCUT2D eigenvalue weighted by atomic mass is 9.86. The average Bonchev–Trinajstić information content (AvgIpc) is 3.51. The predicted octanol–water partition coefficient (Wildman–Crippen LogP) is 10.5. The molecule has 0 amide bonds. The molecule has 2 N–H and O–H groups in total. The molecular weight excluding hydrogens is 776 g/mol. The Morgan fingerprint density at radius 2 is 1.28 bits per heavy atom. The molecule has 0 saturated heterocycles. The fraction of sp³-hybridized carbons (Fsp3) is 0.391. The maximum absolute atomic E-state index is 11.5. The van der Waals surface area contributed by atoms with E-state index in [1.165, 1.54) is 49.7 Å². The number of hydrogen-bond donors (Lipinski definition) is 2. The summed E-state index contributed by atoms with van der Waals surface area (Å²) >= 11 is 7.32. The molecule has 3 unspecified atom stereocenters. The van der Waals surface area contributed by atoms with Crippen LogP contribution in [0.4, 0.5) is 11.4 Å². The summed E-state index contributed by atoms with van der Waals surface area (Å²) < 4.78 is 66.2. The van der Waals surface area contributed by atoms with E-state index in [0.29, 0.717) is 34.6 Å². The van der Waals surface area contributed by atoms with Crippen molar-refractivity contribution in [3.8, 4) is 0 Å². The summed E-state index contributed by atoms with van der Waals surface area (Å²) in [6, 6.07) is 25.8. The number of halogens is 1. The van der Waals surface area contributed by atoms with Gasteiger partial charge in [0.25, 0.3) is 20.2 Å². The molecule has 2 heterocycles. The van der Waals surface area contributed by atoms with Gasteiger partial charge in [0.15, 0.2) is 0 Å². The maximum Gasteiger partial charge on any atom is 0.264 e. The first-order valence-corrected chi connectivity index (χ1v) is 23.7. The van der Waals surface area contributed by atoms with E-state index in [4.69, 9.17) is 11.6 Å². The maximum atomic E-state index is 11.5. The molecular formula is C46H55ClN2O6S2+2. The normalized spacial score (nSPS) is 23.3. The van der Waals surface area contributed by atoms with Crippen LogP contribution in [0, 0.1) is 0 Å². The van der Waals surface area contributed by atoms with Crippen molar-refractivity contribution in [3.63, 3.8) is 0 Å². The number of unbranched alkanes of at least 4 members (excludes halogenated alkanes) is 2. The number of nitrogens with zero attached hydrogens (tertiary/aromatic N) is 2. The van der Waals surface area contributed by atoms with Gasteiger partial charge in [0.2, 0.25) is 0 Å². The van der Waals surface area contributed by atoms with Crippen molar-refractivity contribution in [2.75, 3.05) is 39.7 Å². The van der Waals surface area contributed by atoms with Crippen LogP contribution >= 0.6 is 11.6 Å². The van der Waals surface area contributed by atoms with Gasteiger partial charge in [-0.15, -0.1) is 0 Å². The summed E-state index contributed by atoms with van der Waals surface area (Å²) in [5, 5.41) is 5.58. The number of hydrogen-bond acceptors (Lipinski definition) is 4. The van der Waals surface area contributed by atoms with Crippen LogP contribution in [-0.2, 0) is 20.2 Å². The number of benzene rings is 4. The highest BCUT2D eigenvalue weighted by Gasteiger charge is 2.47. The Hall–Kier alpha value is -3.61. The minimum atomic E-state index is -4.02. The first-order chi connectivity index (χ1) is 27.0. The van der Waals surface area contributed by atoms with Gasteiger partial charge in [-0.1, -0.05) is 85.1 Å². The fourth-order valence-corrected chi connectivity index (χ4v) is 11.4. The Morgan fingerprint density at radius 3 is 1.91 bits per heavy atom. The van der Waals surface area contributed by atoms with Crippen molar-refractivity contribution in [3.05, 3.63) is 130 Å². The molecule has 2 aliphatic heterocycles. The summed E-state index contributed by atoms with van der Waals surface area (Å²) in [7, 11) is 0.878. The molecule has 0 aromatic heterocycles. The highest BCUT2D eigenvalue weighted by Crippen LogP contribution is 2.53. The zero-order chi connectivity index (χ0) is 40.8. The van der Waals surface area contributed by atoms with Gasteiger partial charge >= 0.3 is 0 Å². The molecule has 3 aliphatic rings. The lowest BCUT2D eigenvalue weighted by molar-refractivity contribution is 0.323. The van der Waals surface area contributed by atoms with Crippen LogP contribution in [0.15, 0.2) is 119 Å². The topological polar surface area (TPSA) is 109 Å². The van der Waals surface area contributed by atoms with Crippen molar-refractivity contribution in [2.24, 2.45) is 0 Å². The van der Waals surface area contributed by atoms with Crippen LogP contribution in [0.1, 0.15) is 80.8 Å². The number of quaternary nitrogens is 2. The SMILES string of the molecule is C[N+]1(C)C(=CC=C2CCCC(C=CC3C(CCCCS(=O)(=O)O)c4c(ccc5ccccc45)[N+]3(C)C)=C2Cl)C(CCCCS(=O)(=O)O)c2c1ccc1ccccc21. The summed E-state index contributed by atoms with van der Waals surface area (Å²) in [6.45, 7) is 0. The van der Waals surface area contributed by atoms with Crippen LogP contribution in [0.3, 0.4) is 0 Å². The van der Waals surface area contributed by atoms with Gasteiger partial charge in [-0.2, -0.15) is 16.8 Å². The minimum Gasteiger partial charge on any atom is -0.290 e. The molecule has 3 atom stereocenters. The van der Waals surface area contributed by atoms with Gasteiger partial charge in [-0.05, 0) is 102 Å². The van der Waals surface area contributed by atoms with E-state index < -0.39 is 20.2 Å². The summed E-state index contributed by atoms with van der Waals surface area (Å²) in [5.41, 5.74) is 8.51. The summed E-state index contributed by atoms with van der Waals surface area (Å²) in [4.78, 5) is 0. The van der Waals surface area contributed by atoms with Crippen LogP contribution in [-0.4, -0.2) is 71.7 Å². The zero-order valence-corrected chi connectivity index (χ0v) is 35.8. The van der Waals surface area contributed by atoms with Gasteiger partial charge < -0.3 is 0 Å². The van der Waals surface area contributed by atoms with Gasteiger partial charge in [0.1, 0.15) is 23.1 Å². The number of likely N-dealkylation sites (N-methyl/N-ethyl adjacent to an activating group) is 2. The van der Waals surface area contributed by atoms with Crippen LogP contribution in [0.5, 0.6) is 0 Å². The molecule has 302 valence electrons. The lowest BCUT2D eigenvalue weighted by Crippen LogP contribution is -2.47. The Morgan fingerprint density at radius 1 is 0.702 bits per heavy atom. The number of fused-ring (bicyclic) bond motifs is 6. The number of rotatable bonds is 13. The molecule has 0 saturated carbocycles. The lowest BCUT2D eigenvalue weighted by Gasteiger charge is -2.32. The summed E-state index contributed by atoms with van der Waals surface area (Å²) in [6.07, 6.45) is 15.4. The molecule has 57 heavy (non-hydrogen) atoms. The highest BCUT2D eigenvalue weighted by molar-refractivity contribution is 7.86. The second kappa shape index (κ2) is 16.2. The third-order valence-corrected chi connectivity index (χ3v) is 14.8. The second-order valence-corrected chi connectivity index (χ2v) is 20.5. The van der Waals surface area contributed by atoms with Crippen molar-refractivity contribution >= 4 is 64.8 Å². The Labute approximate surface area is 343 Å². The van der Waals surface area contributed by atoms with Gasteiger partial charge in [-0.3, -0.25) is 18.1 Å². The molecule has 7 rings (SSSR count). The Bertz CT molecular complexity index is 2550. The predicted molar refractivity (Wildman–Crippen MR) is 237 cm³/mol. The smallest absolute Gasteiger partial charge is 0.264 e. The molecule has 1 aliphatic carbocycles. The first kappa shape index (κ1) is 41.5. The van der Waals surface area contributed by atoms with E-state index in [9.17, 15) is 25.9 Å². The van der Waals surface area contributed by atoms with Gasteiger partial charge in [-0.25, -0.2) is 0 Å². The second-order valence-electron chi connectivity index (χ2n) is 17.0. The monoisotopic (exact) mass is 830 g/mol. The van der Waals surface area contributed by atoms with Crippen LogP contribution in [0.25, 0.3) is 21.5 Å². The van der Waals surface area contributed by atoms with Crippen LogP contribution in [0.2, 0.25) is 0 Å². The van der Waals surface area contributed by atoms with E-state index >= 15 is 0 Å². The molecule has 0 bridgehead atoms. The molecule has 0 fully saturated rings. The molecule has 0 radical (unpaired) electrons. The van der Waals surface area contributed by atoms with E-state index in [0.717, 1.165) is 48.3 Å². The van der Waals surface area contributed by atoms with Crippen molar-refractivity contribution in [1.29, 1.82) is 0 Å². The van der Waals surface area contributed by atoms with Crippen molar-refractivity contribution < 1.29 is 25.9 Å². The first-order valence-electron chi connectivity index (χ1n) is 20.1. The Kier molecular flexibility index (Phi) is 11.8. The van der Waals surface area contributed by atoms with Crippen molar-refractivity contribution in [1.82, 2.24) is 8.97 Å². The molecule has 4 aromatic carbocycles. The van der Waals surface area contributed by atoms with Gasteiger partial charge in [0, 0.05) is 34.2 Å². The molecule has 11 heteroatoms. The third-order valence-electron chi connectivity index (χ3n) is 12.7. The van der Waals surface area contributed by atoms with Crippen LogP contribution < -0.4 is 8.97 Å². The highest BCUT2D eigenvalue weighted by atomic mass is 35.5. The standard InChI is InChI=1S/C46H53ClN2O6S2/c1-48(2)40(38(20-9-11-30-56(50,51)52)44-36-18-7-5-14-32(36)22-28-42(44)48)26-24-34-16-13-17-35(46(34)47)25-27-41-39(21-10-12-31-57(53,54)55)45-37-19-8-6-15-33(37)23-29-43(45)49(41,3)4/h5-8,14-15,18-19,22-29,38-40H,9-13,16-17,20-21,30-31H2,1-4H3/p+2. The van der Waals surface area contributed by atoms with E-state index in [-0.39, 0.29) is 29.4 Å². The van der Waals surface area contributed by atoms with Gasteiger partial charge in [0.05, 0.1) is 45.6 Å². The van der Waals surface area contributed by atoms with E-state index in [1.807, 2.05) is 0 Å². The largest absolute Gasteiger partial charge is 0.290 e. The molecule has 4 aromatic rings. The third kappa shape index (κ3) is 8.60. The average molecular weight is 832 g/mol. The van der Waals surface area contributed by atoms with E-state index in [1.54, 1.807) is 0 Å². The van der Waals surface area contributed by atoms with Crippen molar-refractivity contribution in [2.45, 2.75) is 75.7 Å². The fourth-order valence-electron chi connectivity index (χ4n) is 9.92. The minimum absolute atomic E-state index is 0.0690. The molecule has 8 nitrogen and oxygen atoms in total.